The van der Waals surface area contributed by atoms with Crippen molar-refractivity contribution < 1.29 is 18.7 Å². The minimum atomic E-state index is 0.424. The van der Waals surface area contributed by atoms with Crippen molar-refractivity contribution in [2.24, 2.45) is 0 Å². The van der Waals surface area contributed by atoms with E-state index in [9.17, 15) is 0 Å². The van der Waals surface area contributed by atoms with Gasteiger partial charge in [0, 0.05) is 18.5 Å². The molecule has 8 nitrogen and oxygen atoms in total. The first kappa shape index (κ1) is 19.3. The molecular formula is C23H22N4O4. The Morgan fingerprint density at radius 3 is 2.55 bits per heavy atom. The van der Waals surface area contributed by atoms with E-state index in [4.69, 9.17) is 23.7 Å². The van der Waals surface area contributed by atoms with Gasteiger partial charge in [-0.1, -0.05) is 29.4 Å². The highest BCUT2D eigenvalue weighted by Crippen LogP contribution is 2.38. The van der Waals surface area contributed by atoms with Crippen LogP contribution in [0.5, 0.6) is 11.5 Å². The summed E-state index contributed by atoms with van der Waals surface area (Å²) in [6.45, 7) is 2.95. The molecule has 1 aliphatic rings. The molecule has 31 heavy (non-hydrogen) atoms. The summed E-state index contributed by atoms with van der Waals surface area (Å²) in [4.78, 5) is 11.7. The van der Waals surface area contributed by atoms with E-state index in [1.54, 1.807) is 14.2 Å². The maximum Gasteiger partial charge on any atom is 0.259 e. The summed E-state index contributed by atoms with van der Waals surface area (Å²) < 4.78 is 22.1. The van der Waals surface area contributed by atoms with Gasteiger partial charge in [-0.15, -0.1) is 0 Å². The van der Waals surface area contributed by atoms with Gasteiger partial charge in [0.25, 0.3) is 5.89 Å². The van der Waals surface area contributed by atoms with Gasteiger partial charge in [0.05, 0.1) is 44.1 Å². The molecule has 0 atom stereocenters. The van der Waals surface area contributed by atoms with E-state index in [0.717, 1.165) is 35.4 Å². The topological polar surface area (TPSA) is 82.7 Å². The Labute approximate surface area is 179 Å². The summed E-state index contributed by atoms with van der Waals surface area (Å²) >= 11 is 0. The van der Waals surface area contributed by atoms with Crippen molar-refractivity contribution in [2.75, 3.05) is 45.4 Å². The van der Waals surface area contributed by atoms with Crippen molar-refractivity contribution in [2.45, 2.75) is 0 Å². The normalized spacial score (nSPS) is 14.1. The summed E-state index contributed by atoms with van der Waals surface area (Å²) in [6.07, 6.45) is 0. The predicted molar refractivity (Wildman–Crippen MR) is 117 cm³/mol. The average molecular weight is 418 g/mol. The largest absolute Gasteiger partial charge is 0.493 e. The highest BCUT2D eigenvalue weighted by atomic mass is 16.5. The monoisotopic (exact) mass is 418 g/mol. The van der Waals surface area contributed by atoms with Gasteiger partial charge in [-0.3, -0.25) is 0 Å². The summed E-state index contributed by atoms with van der Waals surface area (Å²) in [5.41, 5.74) is 2.41. The highest BCUT2D eigenvalue weighted by molar-refractivity contribution is 5.94. The number of ether oxygens (including phenoxy) is 3. The van der Waals surface area contributed by atoms with E-state index < -0.39 is 0 Å². The second-order valence-electron chi connectivity index (χ2n) is 7.11. The quantitative estimate of drug-likeness (QED) is 0.484. The van der Waals surface area contributed by atoms with Crippen LogP contribution >= 0.6 is 0 Å². The lowest BCUT2D eigenvalue weighted by Gasteiger charge is -2.28. The molecule has 158 valence electrons. The van der Waals surface area contributed by atoms with Crippen molar-refractivity contribution in [3.8, 4) is 34.3 Å². The minimum absolute atomic E-state index is 0.424. The van der Waals surface area contributed by atoms with E-state index in [2.05, 4.69) is 15.0 Å². The number of methoxy groups -OCH3 is 2. The molecule has 0 bridgehead atoms. The molecule has 1 saturated heterocycles. The van der Waals surface area contributed by atoms with Gasteiger partial charge in [0.2, 0.25) is 5.82 Å². The Morgan fingerprint density at radius 1 is 0.903 bits per heavy atom. The number of pyridine rings is 1. The van der Waals surface area contributed by atoms with E-state index >= 15 is 0 Å². The maximum absolute atomic E-state index is 5.70. The summed E-state index contributed by atoms with van der Waals surface area (Å²) in [7, 11) is 3.19. The van der Waals surface area contributed by atoms with Crippen molar-refractivity contribution >= 4 is 16.7 Å². The van der Waals surface area contributed by atoms with Crippen LogP contribution in [0, 0.1) is 0 Å². The van der Waals surface area contributed by atoms with Crippen LogP contribution in [0.25, 0.3) is 33.7 Å². The summed E-state index contributed by atoms with van der Waals surface area (Å²) in [6, 6.07) is 15.5. The van der Waals surface area contributed by atoms with Gasteiger partial charge >= 0.3 is 0 Å². The van der Waals surface area contributed by atoms with Gasteiger partial charge in [0.1, 0.15) is 5.82 Å². The molecule has 0 amide bonds. The molecule has 0 radical (unpaired) electrons. The van der Waals surface area contributed by atoms with Gasteiger partial charge in [-0.2, -0.15) is 4.98 Å². The lowest BCUT2D eigenvalue weighted by atomic mass is 10.1. The van der Waals surface area contributed by atoms with Crippen LogP contribution in [-0.2, 0) is 4.74 Å². The third-order valence-corrected chi connectivity index (χ3v) is 5.34. The maximum atomic E-state index is 5.70. The van der Waals surface area contributed by atoms with Gasteiger partial charge in [0.15, 0.2) is 11.5 Å². The van der Waals surface area contributed by atoms with Crippen molar-refractivity contribution in [3.05, 3.63) is 48.5 Å². The number of hydrogen-bond acceptors (Lipinski definition) is 8. The first-order chi connectivity index (χ1) is 15.3. The Balaban J connectivity index is 1.62. The third kappa shape index (κ3) is 3.55. The molecule has 1 fully saturated rings. The van der Waals surface area contributed by atoms with E-state index in [-0.39, 0.29) is 0 Å². The number of fused-ring (bicyclic) bond motifs is 1. The fourth-order valence-corrected chi connectivity index (χ4v) is 3.80. The van der Waals surface area contributed by atoms with Crippen molar-refractivity contribution in [3.63, 3.8) is 0 Å². The van der Waals surface area contributed by atoms with E-state index in [0.29, 0.717) is 42.0 Å². The molecule has 8 heteroatoms. The molecule has 0 N–H and O–H groups in total. The number of nitrogens with zero attached hydrogens (tertiary/aromatic N) is 4. The zero-order valence-electron chi connectivity index (χ0n) is 17.4. The predicted octanol–water partition coefficient (Wildman–Crippen LogP) is 3.81. The van der Waals surface area contributed by atoms with Crippen LogP contribution in [0.1, 0.15) is 0 Å². The highest BCUT2D eigenvalue weighted by Gasteiger charge is 2.21. The van der Waals surface area contributed by atoms with Crippen LogP contribution in [0.2, 0.25) is 0 Å². The molecule has 0 unspecified atom stereocenters. The lowest BCUT2D eigenvalue weighted by Crippen LogP contribution is -2.36. The number of benzene rings is 2. The minimum Gasteiger partial charge on any atom is -0.493 e. The standard InChI is InChI=1S/C23H22N4O4/c1-28-19-9-5-7-16(21(19)29-2)22-25-23(31-26-22)17-14-20(27-10-12-30-13-11-27)24-18-8-4-3-6-15(17)18/h3-9,14H,10-13H2,1-2H3. The lowest BCUT2D eigenvalue weighted by molar-refractivity contribution is 0.122. The number of para-hydroxylation sites is 2. The number of aromatic nitrogens is 3. The first-order valence-corrected chi connectivity index (χ1v) is 10.1. The molecular weight excluding hydrogens is 396 g/mol. The SMILES string of the molecule is COc1cccc(-c2noc(-c3cc(N4CCOCC4)nc4ccccc34)n2)c1OC. The first-order valence-electron chi connectivity index (χ1n) is 10.1. The van der Waals surface area contributed by atoms with Crippen LogP contribution in [-0.4, -0.2) is 55.6 Å². The zero-order chi connectivity index (χ0) is 21.2. The van der Waals surface area contributed by atoms with Crippen LogP contribution in [0.15, 0.2) is 53.1 Å². The number of hydrogen-bond donors (Lipinski definition) is 0. The Bertz CT molecular complexity index is 1220. The number of rotatable bonds is 5. The zero-order valence-corrected chi connectivity index (χ0v) is 17.4. The van der Waals surface area contributed by atoms with Crippen LogP contribution < -0.4 is 14.4 Å². The van der Waals surface area contributed by atoms with Crippen LogP contribution in [0.4, 0.5) is 5.82 Å². The smallest absolute Gasteiger partial charge is 0.259 e. The number of anilines is 1. The summed E-state index contributed by atoms with van der Waals surface area (Å²) in [5.74, 6) is 2.89. The molecule has 5 rings (SSSR count). The van der Waals surface area contributed by atoms with Crippen molar-refractivity contribution in [1.82, 2.24) is 15.1 Å². The fourth-order valence-electron chi connectivity index (χ4n) is 3.80. The van der Waals surface area contributed by atoms with Gasteiger partial charge in [-0.25, -0.2) is 4.98 Å². The van der Waals surface area contributed by atoms with Crippen LogP contribution in [0.3, 0.4) is 0 Å². The fraction of sp³-hybridized carbons (Fsp3) is 0.261. The molecule has 0 aliphatic carbocycles. The number of morpholine rings is 1. The molecule has 2 aromatic heterocycles. The Morgan fingerprint density at radius 2 is 1.74 bits per heavy atom. The molecule has 1 aliphatic heterocycles. The van der Waals surface area contributed by atoms with E-state index in [1.165, 1.54) is 0 Å². The molecule has 0 saturated carbocycles. The van der Waals surface area contributed by atoms with Gasteiger partial charge in [-0.05, 0) is 24.3 Å². The van der Waals surface area contributed by atoms with E-state index in [1.807, 2.05) is 48.5 Å². The second-order valence-corrected chi connectivity index (χ2v) is 7.11. The second kappa shape index (κ2) is 8.23. The third-order valence-electron chi connectivity index (χ3n) is 5.34. The Kier molecular flexibility index (Phi) is 5.13. The molecule has 4 aromatic rings. The molecule has 3 heterocycles. The summed E-state index contributed by atoms with van der Waals surface area (Å²) in [5, 5.41) is 5.17. The van der Waals surface area contributed by atoms with Gasteiger partial charge < -0.3 is 23.6 Å². The average Bonchev–Trinajstić information content (AvgIpc) is 3.33. The molecule has 0 spiro atoms. The van der Waals surface area contributed by atoms with Crippen molar-refractivity contribution in [1.29, 1.82) is 0 Å². The Hall–Kier alpha value is -3.65. The molecule has 2 aromatic carbocycles.